The molecule has 3 aromatic carbocycles. The number of nitrogens with one attached hydrogen (secondary N) is 1. The molecule has 6 heteroatoms. The first kappa shape index (κ1) is 20.5. The Kier molecular flexibility index (Phi) is 4.36. The van der Waals surface area contributed by atoms with Gasteiger partial charge in [-0.3, -0.25) is 4.79 Å². The number of hydrogen-bond donors (Lipinski definition) is 1. The lowest BCUT2D eigenvalue weighted by molar-refractivity contribution is -0.125. The van der Waals surface area contributed by atoms with Gasteiger partial charge < -0.3 is 14.6 Å². The van der Waals surface area contributed by atoms with E-state index < -0.39 is 5.54 Å². The molecule has 34 heavy (non-hydrogen) atoms. The highest BCUT2D eigenvalue weighted by molar-refractivity contribution is 6.23. The fourth-order valence-corrected chi connectivity index (χ4v) is 5.62. The molecule has 0 spiro atoms. The smallest absolute Gasteiger partial charge is 0.332 e. The van der Waals surface area contributed by atoms with Gasteiger partial charge in [-0.15, -0.1) is 0 Å². The molecule has 1 saturated heterocycles. The highest BCUT2D eigenvalue weighted by Gasteiger charge is 2.60. The molecule has 6 nitrogen and oxygen atoms in total. The van der Waals surface area contributed by atoms with Gasteiger partial charge in [0.1, 0.15) is 5.75 Å². The van der Waals surface area contributed by atoms with Crippen molar-refractivity contribution in [2.45, 2.75) is 25.3 Å². The second-order valence-electron chi connectivity index (χ2n) is 9.20. The molecule has 0 unspecified atom stereocenters. The molecule has 0 radical (unpaired) electrons. The van der Waals surface area contributed by atoms with Crippen LogP contribution < -0.4 is 9.64 Å². The summed E-state index contributed by atoms with van der Waals surface area (Å²) in [7, 11) is 1.66. The van der Waals surface area contributed by atoms with Crippen molar-refractivity contribution in [2.24, 2.45) is 0 Å². The van der Waals surface area contributed by atoms with Crippen LogP contribution in [0.25, 0.3) is 10.9 Å². The minimum Gasteiger partial charge on any atom is -0.496 e. The number of ether oxygens (including phenoxy) is 1. The van der Waals surface area contributed by atoms with Crippen molar-refractivity contribution >= 4 is 28.5 Å². The largest absolute Gasteiger partial charge is 0.496 e. The van der Waals surface area contributed by atoms with Crippen molar-refractivity contribution in [1.82, 2.24) is 9.88 Å². The van der Waals surface area contributed by atoms with Crippen LogP contribution in [0.4, 0.5) is 10.5 Å². The number of imide groups is 1. The average molecular weight is 452 g/mol. The van der Waals surface area contributed by atoms with Crippen molar-refractivity contribution in [3.8, 4) is 5.75 Å². The van der Waals surface area contributed by atoms with Crippen LogP contribution in [0.5, 0.6) is 5.75 Å². The average Bonchev–Trinajstić information content (AvgIpc) is 3.33. The zero-order chi connectivity index (χ0) is 23.6. The van der Waals surface area contributed by atoms with Gasteiger partial charge in [0.2, 0.25) is 0 Å². The second-order valence-corrected chi connectivity index (χ2v) is 9.20. The minimum absolute atomic E-state index is 0.149. The Balaban J connectivity index is 1.60. The lowest BCUT2D eigenvalue weighted by atomic mass is 9.78. The first-order valence-electron chi connectivity index (χ1n) is 11.4. The molecule has 2 aliphatic heterocycles. The predicted octanol–water partition coefficient (Wildman–Crippen LogP) is 5.31. The van der Waals surface area contributed by atoms with Crippen LogP contribution in [0.2, 0.25) is 0 Å². The molecule has 1 fully saturated rings. The van der Waals surface area contributed by atoms with Gasteiger partial charge in [-0.2, -0.15) is 0 Å². The standard InChI is InChI=1S/C28H25N3O3/c1-17-9-8-10-18(15-17)31-26(32)28(2)25-24(20-12-4-6-13-22(20)29-25)21(16-30(28)27(31)33)19-11-5-7-14-23(19)34-3/h4-15,21,29H,16H2,1-3H3/t21-,28-/m0/s1. The van der Waals surface area contributed by atoms with E-state index >= 15 is 0 Å². The summed E-state index contributed by atoms with van der Waals surface area (Å²) in [4.78, 5) is 34.4. The highest BCUT2D eigenvalue weighted by atomic mass is 16.5. The number of aromatic nitrogens is 1. The molecule has 4 aromatic rings. The Morgan fingerprint density at radius 2 is 1.76 bits per heavy atom. The monoisotopic (exact) mass is 451 g/mol. The summed E-state index contributed by atoms with van der Waals surface area (Å²) in [5, 5.41) is 1.06. The number of fused-ring (bicyclic) bond motifs is 5. The zero-order valence-electron chi connectivity index (χ0n) is 19.3. The lowest BCUT2D eigenvalue weighted by Crippen LogP contribution is -2.50. The summed E-state index contributed by atoms with van der Waals surface area (Å²) >= 11 is 0. The Hall–Kier alpha value is -4.06. The van der Waals surface area contributed by atoms with E-state index in [-0.39, 0.29) is 17.9 Å². The quantitative estimate of drug-likeness (QED) is 0.429. The van der Waals surface area contributed by atoms with E-state index in [0.717, 1.165) is 39.0 Å². The van der Waals surface area contributed by atoms with Crippen molar-refractivity contribution in [3.63, 3.8) is 0 Å². The summed E-state index contributed by atoms with van der Waals surface area (Å²) in [6, 6.07) is 23.2. The SMILES string of the molecule is COc1ccccc1[C@@H]1CN2C(=O)N(c3cccc(C)c3)C(=O)[C@]2(C)c2[nH]c3ccccc3c21. The van der Waals surface area contributed by atoms with Gasteiger partial charge in [-0.05, 0) is 49.2 Å². The maximum absolute atomic E-state index is 14.0. The van der Waals surface area contributed by atoms with E-state index in [1.54, 1.807) is 12.0 Å². The normalized spacial score (nSPS) is 21.7. The Morgan fingerprint density at radius 1 is 1.00 bits per heavy atom. The minimum atomic E-state index is -1.13. The predicted molar refractivity (Wildman–Crippen MR) is 131 cm³/mol. The van der Waals surface area contributed by atoms with Gasteiger partial charge in [0.05, 0.1) is 18.5 Å². The number of anilines is 1. The molecule has 170 valence electrons. The molecule has 2 aliphatic rings. The number of aryl methyl sites for hydroxylation is 1. The Labute approximate surface area is 197 Å². The number of benzene rings is 3. The molecule has 1 N–H and O–H groups in total. The Bertz CT molecular complexity index is 1470. The third-order valence-corrected chi connectivity index (χ3v) is 7.30. The third-order valence-electron chi connectivity index (χ3n) is 7.30. The van der Waals surface area contributed by atoms with Gasteiger partial charge >= 0.3 is 6.03 Å². The number of para-hydroxylation sites is 2. The summed E-state index contributed by atoms with van der Waals surface area (Å²) in [5.41, 5.74) is 4.21. The number of rotatable bonds is 3. The number of amides is 3. The van der Waals surface area contributed by atoms with E-state index in [0.29, 0.717) is 12.2 Å². The molecule has 3 heterocycles. The molecule has 0 saturated carbocycles. The number of urea groups is 1. The molecule has 6 rings (SSSR count). The maximum atomic E-state index is 14.0. The molecule has 0 bridgehead atoms. The summed E-state index contributed by atoms with van der Waals surface area (Å²) < 4.78 is 5.70. The van der Waals surface area contributed by atoms with Crippen LogP contribution in [-0.2, 0) is 10.3 Å². The first-order valence-corrected chi connectivity index (χ1v) is 11.4. The highest BCUT2D eigenvalue weighted by Crippen LogP contribution is 2.51. The number of H-pyrrole nitrogens is 1. The van der Waals surface area contributed by atoms with Crippen molar-refractivity contribution in [3.05, 3.63) is 95.2 Å². The van der Waals surface area contributed by atoms with Gasteiger partial charge in [0.15, 0.2) is 5.54 Å². The van der Waals surface area contributed by atoms with E-state index in [4.69, 9.17) is 4.74 Å². The van der Waals surface area contributed by atoms with Crippen LogP contribution >= 0.6 is 0 Å². The lowest BCUT2D eigenvalue weighted by Gasteiger charge is -2.40. The number of hydrogen-bond acceptors (Lipinski definition) is 3. The summed E-state index contributed by atoms with van der Waals surface area (Å²) in [5.74, 6) is 0.375. The van der Waals surface area contributed by atoms with Gasteiger partial charge in [0, 0.05) is 28.9 Å². The fraction of sp³-hybridized carbons (Fsp3) is 0.214. The van der Waals surface area contributed by atoms with Crippen LogP contribution in [0.15, 0.2) is 72.8 Å². The number of nitrogens with zero attached hydrogens (tertiary/aromatic N) is 2. The number of aromatic amines is 1. The van der Waals surface area contributed by atoms with Gasteiger partial charge in [-0.1, -0.05) is 48.5 Å². The van der Waals surface area contributed by atoms with Gasteiger partial charge in [0.25, 0.3) is 5.91 Å². The topological polar surface area (TPSA) is 65.6 Å². The molecule has 0 aliphatic carbocycles. The zero-order valence-corrected chi connectivity index (χ0v) is 19.3. The van der Waals surface area contributed by atoms with Crippen LogP contribution in [0.1, 0.15) is 35.2 Å². The summed E-state index contributed by atoms with van der Waals surface area (Å²) in [6.07, 6.45) is 0. The van der Waals surface area contributed by atoms with Crippen molar-refractivity contribution < 1.29 is 14.3 Å². The van der Waals surface area contributed by atoms with Gasteiger partial charge in [-0.25, -0.2) is 9.69 Å². The van der Waals surface area contributed by atoms with Crippen LogP contribution in [0.3, 0.4) is 0 Å². The molecule has 3 amide bonds. The first-order chi connectivity index (χ1) is 16.4. The second kappa shape index (κ2) is 7.22. The molecular formula is C28H25N3O3. The number of carbonyl (C=O) groups is 2. The van der Waals surface area contributed by atoms with Crippen molar-refractivity contribution in [2.75, 3.05) is 18.6 Å². The van der Waals surface area contributed by atoms with Crippen LogP contribution in [-0.4, -0.2) is 35.5 Å². The van der Waals surface area contributed by atoms with E-state index in [1.165, 1.54) is 4.90 Å². The summed E-state index contributed by atoms with van der Waals surface area (Å²) in [6.45, 7) is 4.19. The van der Waals surface area contributed by atoms with E-state index in [2.05, 4.69) is 11.1 Å². The van der Waals surface area contributed by atoms with Crippen LogP contribution in [0, 0.1) is 6.92 Å². The Morgan fingerprint density at radius 3 is 2.56 bits per heavy atom. The molecule has 2 atom stereocenters. The number of carbonyl (C=O) groups excluding carboxylic acids is 2. The van der Waals surface area contributed by atoms with E-state index in [1.807, 2.05) is 80.6 Å². The van der Waals surface area contributed by atoms with Crippen molar-refractivity contribution in [1.29, 1.82) is 0 Å². The molecular weight excluding hydrogens is 426 g/mol. The third kappa shape index (κ3) is 2.62. The maximum Gasteiger partial charge on any atom is 0.332 e. The number of methoxy groups -OCH3 is 1. The fourth-order valence-electron chi connectivity index (χ4n) is 5.62. The molecule has 1 aromatic heterocycles. The van der Waals surface area contributed by atoms with E-state index in [9.17, 15) is 9.59 Å².